The Balaban J connectivity index is 2.34. The molecule has 0 bridgehead atoms. The zero-order valence-corrected chi connectivity index (χ0v) is 10.2. The summed E-state index contributed by atoms with van der Waals surface area (Å²) < 4.78 is 37.8. The molecule has 1 heterocycles. The van der Waals surface area contributed by atoms with E-state index in [9.17, 15) is 13.2 Å². The molecule has 3 nitrogen and oxygen atoms in total. The van der Waals surface area contributed by atoms with E-state index >= 15 is 0 Å². The molecule has 1 aliphatic heterocycles. The van der Waals surface area contributed by atoms with Crippen LogP contribution in [-0.4, -0.2) is 19.1 Å². The van der Waals surface area contributed by atoms with Gasteiger partial charge in [-0.2, -0.15) is 18.4 Å². The number of nitriles is 1. The van der Waals surface area contributed by atoms with Crippen molar-refractivity contribution in [2.45, 2.75) is 25.1 Å². The van der Waals surface area contributed by atoms with Crippen LogP contribution in [0.2, 0.25) is 0 Å². The summed E-state index contributed by atoms with van der Waals surface area (Å²) in [5, 5.41) is 9.03. The predicted molar refractivity (Wildman–Crippen MR) is 65.6 cm³/mol. The summed E-state index contributed by atoms with van der Waals surface area (Å²) in [6, 6.07) is 5.11. The van der Waals surface area contributed by atoms with Crippen molar-refractivity contribution < 1.29 is 13.2 Å². The summed E-state index contributed by atoms with van der Waals surface area (Å²) in [5.41, 5.74) is 5.63. The average molecular weight is 269 g/mol. The van der Waals surface area contributed by atoms with Gasteiger partial charge >= 0.3 is 6.18 Å². The number of nitrogens with two attached hydrogens (primary N) is 1. The Kier molecular flexibility index (Phi) is 3.67. The van der Waals surface area contributed by atoms with Crippen molar-refractivity contribution in [1.82, 2.24) is 0 Å². The van der Waals surface area contributed by atoms with Crippen LogP contribution in [0.4, 0.5) is 18.9 Å². The lowest BCUT2D eigenvalue weighted by atomic mass is 10.0. The van der Waals surface area contributed by atoms with Gasteiger partial charge in [0, 0.05) is 19.1 Å². The Morgan fingerprint density at radius 1 is 1.37 bits per heavy atom. The van der Waals surface area contributed by atoms with Crippen molar-refractivity contribution in [2.75, 3.05) is 18.0 Å². The zero-order chi connectivity index (χ0) is 14.0. The smallest absolute Gasteiger partial charge is 0.369 e. The van der Waals surface area contributed by atoms with Gasteiger partial charge in [0.1, 0.15) is 6.07 Å². The molecule has 1 unspecified atom stereocenters. The van der Waals surface area contributed by atoms with Gasteiger partial charge in [-0.1, -0.05) is 0 Å². The molecule has 2 N–H and O–H groups in total. The molecule has 102 valence electrons. The Bertz CT molecular complexity index is 505. The second-order valence-electron chi connectivity index (χ2n) is 4.69. The molecule has 2 rings (SSSR count). The van der Waals surface area contributed by atoms with Crippen LogP contribution in [0.25, 0.3) is 0 Å². The minimum Gasteiger partial charge on any atom is -0.369 e. The topological polar surface area (TPSA) is 53.0 Å². The van der Waals surface area contributed by atoms with E-state index in [1.165, 1.54) is 6.07 Å². The number of rotatable bonds is 1. The van der Waals surface area contributed by atoms with Gasteiger partial charge in [0.25, 0.3) is 0 Å². The monoisotopic (exact) mass is 269 g/mol. The first-order chi connectivity index (χ1) is 8.91. The standard InChI is InChI=1S/C13H14F3N3/c14-13(15,16)10-3-4-12(9(6-10)7-17)19-5-1-2-11(18)8-19/h3-4,6,11H,1-2,5,8,18H2. The van der Waals surface area contributed by atoms with Gasteiger partial charge < -0.3 is 10.6 Å². The molecular weight excluding hydrogens is 255 g/mol. The molecular formula is C13H14F3N3. The Morgan fingerprint density at radius 2 is 2.11 bits per heavy atom. The Hall–Kier alpha value is -1.74. The maximum atomic E-state index is 12.6. The highest BCUT2D eigenvalue weighted by Gasteiger charge is 2.31. The van der Waals surface area contributed by atoms with Crippen molar-refractivity contribution in [3.63, 3.8) is 0 Å². The highest BCUT2D eigenvalue weighted by Crippen LogP contribution is 2.33. The second kappa shape index (κ2) is 5.10. The lowest BCUT2D eigenvalue weighted by Gasteiger charge is -2.33. The third-order valence-corrected chi connectivity index (χ3v) is 3.24. The maximum Gasteiger partial charge on any atom is 0.416 e. The highest BCUT2D eigenvalue weighted by molar-refractivity contribution is 5.61. The quantitative estimate of drug-likeness (QED) is 0.852. The fraction of sp³-hybridized carbons (Fsp3) is 0.462. The van der Waals surface area contributed by atoms with E-state index in [0.29, 0.717) is 18.8 Å². The maximum absolute atomic E-state index is 12.6. The fourth-order valence-corrected chi connectivity index (χ4v) is 2.31. The molecule has 1 saturated heterocycles. The van der Waals surface area contributed by atoms with Crippen LogP contribution >= 0.6 is 0 Å². The van der Waals surface area contributed by atoms with Crippen LogP contribution in [0, 0.1) is 11.3 Å². The third-order valence-electron chi connectivity index (χ3n) is 3.24. The average Bonchev–Trinajstić information content (AvgIpc) is 2.37. The Morgan fingerprint density at radius 3 is 2.68 bits per heavy atom. The van der Waals surface area contributed by atoms with E-state index in [1.807, 2.05) is 11.0 Å². The molecule has 0 radical (unpaired) electrons. The van der Waals surface area contributed by atoms with Crippen LogP contribution in [0.5, 0.6) is 0 Å². The lowest BCUT2D eigenvalue weighted by Crippen LogP contribution is -2.43. The van der Waals surface area contributed by atoms with E-state index in [0.717, 1.165) is 25.0 Å². The summed E-state index contributed by atoms with van der Waals surface area (Å²) >= 11 is 0. The van der Waals surface area contributed by atoms with Gasteiger partial charge in [-0.15, -0.1) is 0 Å². The minimum atomic E-state index is -4.43. The number of hydrogen-bond donors (Lipinski definition) is 1. The molecule has 0 saturated carbocycles. The summed E-state index contributed by atoms with van der Waals surface area (Å²) in [4.78, 5) is 1.88. The van der Waals surface area contributed by atoms with E-state index < -0.39 is 11.7 Å². The first-order valence-electron chi connectivity index (χ1n) is 6.03. The summed E-state index contributed by atoms with van der Waals surface area (Å²) in [6.07, 6.45) is -2.64. The molecule has 0 amide bonds. The number of hydrogen-bond acceptors (Lipinski definition) is 3. The molecule has 1 aromatic carbocycles. The minimum absolute atomic E-state index is 0.00239. The molecule has 0 aromatic heterocycles. The molecule has 0 spiro atoms. The van der Waals surface area contributed by atoms with Crippen LogP contribution in [-0.2, 0) is 6.18 Å². The molecule has 19 heavy (non-hydrogen) atoms. The van der Waals surface area contributed by atoms with E-state index in [1.54, 1.807) is 0 Å². The molecule has 1 atom stereocenters. The van der Waals surface area contributed by atoms with Gasteiger partial charge in [-0.05, 0) is 31.0 Å². The highest BCUT2D eigenvalue weighted by atomic mass is 19.4. The van der Waals surface area contributed by atoms with Gasteiger partial charge in [0.05, 0.1) is 16.8 Å². The van der Waals surface area contributed by atoms with Crippen molar-refractivity contribution in [3.05, 3.63) is 29.3 Å². The summed E-state index contributed by atoms with van der Waals surface area (Å²) in [6.45, 7) is 1.29. The van der Waals surface area contributed by atoms with Crippen molar-refractivity contribution in [1.29, 1.82) is 5.26 Å². The van der Waals surface area contributed by atoms with Crippen LogP contribution in [0.15, 0.2) is 18.2 Å². The van der Waals surface area contributed by atoms with Crippen LogP contribution < -0.4 is 10.6 Å². The van der Waals surface area contributed by atoms with Crippen LogP contribution in [0.3, 0.4) is 0 Å². The molecule has 1 aliphatic rings. The van der Waals surface area contributed by atoms with E-state index in [2.05, 4.69) is 0 Å². The predicted octanol–water partition coefficient (Wildman–Crippen LogP) is 2.50. The first kappa shape index (κ1) is 13.7. The van der Waals surface area contributed by atoms with Gasteiger partial charge in [0.2, 0.25) is 0 Å². The summed E-state index contributed by atoms with van der Waals surface area (Å²) in [5.74, 6) is 0. The van der Waals surface area contributed by atoms with Crippen molar-refractivity contribution >= 4 is 5.69 Å². The number of benzene rings is 1. The molecule has 0 aliphatic carbocycles. The SMILES string of the molecule is N#Cc1cc(C(F)(F)F)ccc1N1CCCC(N)C1. The molecule has 1 aromatic rings. The third kappa shape index (κ3) is 2.99. The number of piperidine rings is 1. The number of anilines is 1. The van der Waals surface area contributed by atoms with E-state index in [-0.39, 0.29) is 11.6 Å². The number of halogens is 3. The lowest BCUT2D eigenvalue weighted by molar-refractivity contribution is -0.137. The second-order valence-corrected chi connectivity index (χ2v) is 4.69. The Labute approximate surface area is 109 Å². The fourth-order valence-electron chi connectivity index (χ4n) is 2.31. The zero-order valence-electron chi connectivity index (χ0n) is 10.2. The number of alkyl halides is 3. The van der Waals surface area contributed by atoms with Crippen molar-refractivity contribution in [3.8, 4) is 6.07 Å². The number of nitrogens with zero attached hydrogens (tertiary/aromatic N) is 2. The van der Waals surface area contributed by atoms with Gasteiger partial charge in [-0.25, -0.2) is 0 Å². The van der Waals surface area contributed by atoms with Gasteiger partial charge in [0.15, 0.2) is 0 Å². The largest absolute Gasteiger partial charge is 0.416 e. The first-order valence-corrected chi connectivity index (χ1v) is 6.03. The van der Waals surface area contributed by atoms with E-state index in [4.69, 9.17) is 11.0 Å². The molecule has 6 heteroatoms. The summed E-state index contributed by atoms with van der Waals surface area (Å²) in [7, 11) is 0. The molecule has 1 fully saturated rings. The van der Waals surface area contributed by atoms with Gasteiger partial charge in [-0.3, -0.25) is 0 Å². The van der Waals surface area contributed by atoms with Crippen LogP contribution in [0.1, 0.15) is 24.0 Å². The van der Waals surface area contributed by atoms with Crippen molar-refractivity contribution in [2.24, 2.45) is 5.73 Å². The normalized spacial score (nSPS) is 20.2.